The lowest BCUT2D eigenvalue weighted by Crippen LogP contribution is -2.61. The summed E-state index contributed by atoms with van der Waals surface area (Å²) in [7, 11) is 1.68. The third-order valence-electron chi connectivity index (χ3n) is 1.42. The number of hydrogen-bond donors (Lipinski definition) is 1. The molecule has 0 saturated carbocycles. The van der Waals surface area contributed by atoms with Crippen LogP contribution in [0.5, 0.6) is 0 Å². The second-order valence-electron chi connectivity index (χ2n) is 2.44. The molecule has 3 nitrogen and oxygen atoms in total. The number of carboxylic acid groups (broad SMARTS) is 1. The second kappa shape index (κ2) is 6.83. The molecule has 1 aliphatic heterocycles. The number of hydrogen-bond acceptors (Lipinski definition) is 2. The number of aliphatic carboxylic acids is 1. The summed E-state index contributed by atoms with van der Waals surface area (Å²) in [5, 5.41) is 8.21. The van der Waals surface area contributed by atoms with Crippen LogP contribution in [-0.4, -0.2) is 41.8 Å². The second-order valence-corrected chi connectivity index (χ2v) is 2.44. The molecule has 1 N–H and O–H groups in total. The van der Waals surface area contributed by atoms with Gasteiger partial charge in [-0.15, -0.1) is 0 Å². The van der Waals surface area contributed by atoms with Crippen molar-refractivity contribution in [1.82, 2.24) is 4.90 Å². The van der Waals surface area contributed by atoms with Crippen LogP contribution in [0, 0.1) is 0 Å². The van der Waals surface area contributed by atoms with Crippen LogP contribution < -0.4 is 0 Å². The first-order valence-electron chi connectivity index (χ1n) is 4.65. The third kappa shape index (κ3) is 4.22. The predicted molar refractivity (Wildman–Crippen MR) is 51.7 cm³/mol. The van der Waals surface area contributed by atoms with E-state index in [1.165, 1.54) is 0 Å². The normalized spacial score (nSPS) is 18.3. The standard InChI is InChI=1S/C5H8FNO2.2C2H6/c1-7-2-5(6,3-7)4(8)9;2*1-2/h2-3H2,1H3,(H,8,9);2*1-2H3. The van der Waals surface area contributed by atoms with Crippen molar-refractivity contribution in [2.75, 3.05) is 20.1 Å². The molecule has 1 aliphatic rings. The van der Waals surface area contributed by atoms with E-state index in [1.54, 1.807) is 11.9 Å². The zero-order chi connectivity index (χ0) is 11.1. The van der Waals surface area contributed by atoms with Crippen LogP contribution in [-0.2, 0) is 4.79 Å². The van der Waals surface area contributed by atoms with Crippen molar-refractivity contribution >= 4 is 5.97 Å². The average Bonchev–Trinajstić information content (AvgIpc) is 2.09. The van der Waals surface area contributed by atoms with Gasteiger partial charge in [-0.3, -0.25) is 4.90 Å². The molecule has 80 valence electrons. The van der Waals surface area contributed by atoms with Crippen LogP contribution in [0.3, 0.4) is 0 Å². The number of halogens is 1. The van der Waals surface area contributed by atoms with E-state index in [0.717, 1.165) is 0 Å². The number of rotatable bonds is 1. The molecular formula is C9H20FNO2. The molecule has 0 aromatic heterocycles. The zero-order valence-corrected chi connectivity index (χ0v) is 9.09. The van der Waals surface area contributed by atoms with Gasteiger partial charge in [0.15, 0.2) is 0 Å². The van der Waals surface area contributed by atoms with Gasteiger partial charge in [0.1, 0.15) is 0 Å². The van der Waals surface area contributed by atoms with Crippen molar-refractivity contribution in [2.24, 2.45) is 0 Å². The van der Waals surface area contributed by atoms with E-state index in [1.807, 2.05) is 27.7 Å². The van der Waals surface area contributed by atoms with Crippen molar-refractivity contribution in [3.05, 3.63) is 0 Å². The summed E-state index contributed by atoms with van der Waals surface area (Å²) in [6, 6.07) is 0. The van der Waals surface area contributed by atoms with E-state index in [9.17, 15) is 9.18 Å². The molecule has 0 unspecified atom stereocenters. The molecule has 1 heterocycles. The first-order chi connectivity index (χ1) is 6.04. The molecule has 0 radical (unpaired) electrons. The molecule has 1 fully saturated rings. The molecule has 0 aliphatic carbocycles. The molecule has 0 bridgehead atoms. The Kier molecular flexibility index (Phi) is 7.81. The highest BCUT2D eigenvalue weighted by atomic mass is 19.1. The van der Waals surface area contributed by atoms with Gasteiger partial charge in [-0.05, 0) is 7.05 Å². The first kappa shape index (κ1) is 14.9. The van der Waals surface area contributed by atoms with E-state index in [-0.39, 0.29) is 13.1 Å². The van der Waals surface area contributed by atoms with E-state index in [2.05, 4.69) is 0 Å². The Morgan fingerprint density at radius 3 is 1.69 bits per heavy atom. The van der Waals surface area contributed by atoms with Gasteiger partial charge < -0.3 is 5.11 Å². The fourth-order valence-corrected chi connectivity index (χ4v) is 0.945. The molecule has 1 rings (SSSR count). The molecule has 1 saturated heterocycles. The van der Waals surface area contributed by atoms with Gasteiger partial charge in [-0.2, -0.15) is 0 Å². The molecule has 0 aromatic rings. The molecule has 0 spiro atoms. The fourth-order valence-electron chi connectivity index (χ4n) is 0.945. The fraction of sp³-hybridized carbons (Fsp3) is 0.889. The minimum atomic E-state index is -1.96. The van der Waals surface area contributed by atoms with E-state index in [0.29, 0.717) is 0 Å². The lowest BCUT2D eigenvalue weighted by atomic mass is 9.98. The summed E-state index contributed by atoms with van der Waals surface area (Å²) in [6.45, 7) is 8.03. The summed E-state index contributed by atoms with van der Waals surface area (Å²) in [5.74, 6) is -1.35. The van der Waals surface area contributed by atoms with Gasteiger partial charge >= 0.3 is 5.97 Å². The van der Waals surface area contributed by atoms with Crippen LogP contribution in [0.2, 0.25) is 0 Å². The number of alkyl halides is 1. The van der Waals surface area contributed by atoms with Crippen LogP contribution in [0.15, 0.2) is 0 Å². The van der Waals surface area contributed by atoms with Crippen LogP contribution >= 0.6 is 0 Å². The summed E-state index contributed by atoms with van der Waals surface area (Å²) in [4.78, 5) is 11.7. The number of nitrogens with zero attached hydrogens (tertiary/aromatic N) is 1. The molecule has 4 heteroatoms. The van der Waals surface area contributed by atoms with Crippen LogP contribution in [0.1, 0.15) is 27.7 Å². The highest BCUT2D eigenvalue weighted by Crippen LogP contribution is 2.23. The molecular weight excluding hydrogens is 173 g/mol. The van der Waals surface area contributed by atoms with E-state index < -0.39 is 11.6 Å². The molecule has 0 amide bonds. The molecule has 0 atom stereocenters. The van der Waals surface area contributed by atoms with Gasteiger partial charge in [-0.1, -0.05) is 27.7 Å². The Hall–Kier alpha value is -0.640. The van der Waals surface area contributed by atoms with Gasteiger partial charge in [0.25, 0.3) is 0 Å². The van der Waals surface area contributed by atoms with Crippen LogP contribution in [0.4, 0.5) is 4.39 Å². The van der Waals surface area contributed by atoms with Gasteiger partial charge in [0.2, 0.25) is 5.67 Å². The van der Waals surface area contributed by atoms with Gasteiger partial charge in [-0.25, -0.2) is 9.18 Å². The van der Waals surface area contributed by atoms with Crippen molar-refractivity contribution in [2.45, 2.75) is 33.4 Å². The van der Waals surface area contributed by atoms with E-state index in [4.69, 9.17) is 5.11 Å². The van der Waals surface area contributed by atoms with Crippen molar-refractivity contribution < 1.29 is 14.3 Å². The van der Waals surface area contributed by atoms with Crippen LogP contribution in [0.25, 0.3) is 0 Å². The Labute approximate surface area is 79.5 Å². The Morgan fingerprint density at radius 1 is 1.31 bits per heavy atom. The van der Waals surface area contributed by atoms with E-state index >= 15 is 0 Å². The quantitative estimate of drug-likeness (QED) is 0.690. The van der Waals surface area contributed by atoms with Crippen molar-refractivity contribution in [1.29, 1.82) is 0 Å². The summed E-state index contributed by atoms with van der Waals surface area (Å²) >= 11 is 0. The topological polar surface area (TPSA) is 40.5 Å². The number of carboxylic acids is 1. The highest BCUT2D eigenvalue weighted by molar-refractivity contribution is 5.79. The monoisotopic (exact) mass is 193 g/mol. The zero-order valence-electron chi connectivity index (χ0n) is 9.09. The summed E-state index contributed by atoms with van der Waals surface area (Å²) < 4.78 is 12.6. The minimum Gasteiger partial charge on any atom is -0.479 e. The SMILES string of the molecule is CC.CC.CN1CC(F)(C(=O)O)C1. The Balaban J connectivity index is 0. The lowest BCUT2D eigenvalue weighted by Gasteiger charge is -2.38. The minimum absolute atomic E-state index is 0.0162. The Morgan fingerprint density at radius 2 is 1.62 bits per heavy atom. The maximum atomic E-state index is 12.6. The van der Waals surface area contributed by atoms with Crippen molar-refractivity contribution in [3.63, 3.8) is 0 Å². The summed E-state index contributed by atoms with van der Waals surface area (Å²) in [6.07, 6.45) is 0. The lowest BCUT2D eigenvalue weighted by molar-refractivity contribution is -0.162. The maximum Gasteiger partial charge on any atom is 0.344 e. The first-order valence-corrected chi connectivity index (χ1v) is 4.65. The van der Waals surface area contributed by atoms with Crippen molar-refractivity contribution in [3.8, 4) is 0 Å². The van der Waals surface area contributed by atoms with Gasteiger partial charge in [0.05, 0.1) is 0 Å². The summed E-state index contributed by atoms with van der Waals surface area (Å²) in [5.41, 5.74) is -1.96. The maximum absolute atomic E-state index is 12.6. The third-order valence-corrected chi connectivity index (χ3v) is 1.42. The van der Waals surface area contributed by atoms with Gasteiger partial charge in [0, 0.05) is 13.1 Å². The molecule has 13 heavy (non-hydrogen) atoms. The predicted octanol–water partition coefficient (Wildman–Crippen LogP) is 1.78. The number of carbonyl (C=O) groups is 1. The number of likely N-dealkylation sites (tertiary alicyclic amines) is 1. The molecule has 0 aromatic carbocycles. The highest BCUT2D eigenvalue weighted by Gasteiger charge is 2.48. The smallest absolute Gasteiger partial charge is 0.344 e. The average molecular weight is 193 g/mol. The Bertz CT molecular complexity index is 145. The largest absolute Gasteiger partial charge is 0.479 e.